The molecule has 31 heavy (non-hydrogen) atoms. The Kier molecular flexibility index (Phi) is 8.47. The Bertz CT molecular complexity index is 1020. The van der Waals surface area contributed by atoms with Gasteiger partial charge in [0, 0.05) is 32.0 Å². The van der Waals surface area contributed by atoms with Crippen LogP contribution in [0.4, 0.5) is 0 Å². The highest BCUT2D eigenvalue weighted by atomic mass is 127. The summed E-state index contributed by atoms with van der Waals surface area (Å²) in [6.07, 6.45) is 1.87. The number of aliphatic imine (C=N–C) groups is 1. The van der Waals surface area contributed by atoms with Crippen LogP contribution in [0.15, 0.2) is 47.5 Å². The van der Waals surface area contributed by atoms with Gasteiger partial charge in [-0.1, -0.05) is 36.4 Å². The number of nitrogens with zero attached hydrogens (tertiary/aromatic N) is 4. The van der Waals surface area contributed by atoms with Crippen LogP contribution in [0.5, 0.6) is 5.75 Å². The molecule has 166 valence electrons. The molecule has 9 heteroatoms. The molecule has 0 saturated carbocycles. The molecule has 0 amide bonds. The molecule has 1 atom stereocenters. The number of rotatable bonds is 7. The number of halogens is 1. The lowest BCUT2D eigenvalue weighted by Gasteiger charge is -2.25. The maximum Gasteiger partial charge on any atom is 0.191 e. The van der Waals surface area contributed by atoms with Gasteiger partial charge < -0.3 is 20.1 Å². The van der Waals surface area contributed by atoms with Crippen molar-refractivity contribution in [3.8, 4) is 5.75 Å². The molecular weight excluding hydrogens is 507 g/mol. The van der Waals surface area contributed by atoms with Crippen molar-refractivity contribution in [2.45, 2.75) is 32.0 Å². The standard InChI is InChI=1S/C22H28N6O2.HI/c1-23-22(25-17-10-11-21-26-20(15-29-2)27-28(21)14-17)24-12-13-30-19-9-5-7-16-6-3-4-8-18(16)19;/h3-9,17H,10-15H2,1-2H3,(H2,23,24,25);1H. The van der Waals surface area contributed by atoms with Crippen LogP contribution >= 0.6 is 24.0 Å². The van der Waals surface area contributed by atoms with E-state index in [2.05, 4.69) is 43.9 Å². The van der Waals surface area contributed by atoms with Crippen molar-refractivity contribution in [1.82, 2.24) is 25.4 Å². The zero-order valence-electron chi connectivity index (χ0n) is 17.9. The monoisotopic (exact) mass is 536 g/mol. The Morgan fingerprint density at radius 3 is 2.90 bits per heavy atom. The van der Waals surface area contributed by atoms with Gasteiger partial charge in [0.15, 0.2) is 11.8 Å². The molecule has 1 aliphatic heterocycles. The predicted octanol–water partition coefficient (Wildman–Crippen LogP) is 2.75. The van der Waals surface area contributed by atoms with E-state index in [1.807, 2.05) is 28.9 Å². The van der Waals surface area contributed by atoms with Crippen molar-refractivity contribution in [2.24, 2.45) is 4.99 Å². The SMILES string of the molecule is CN=C(NCCOc1cccc2ccccc12)NC1CCc2nc(COC)nn2C1.I. The summed E-state index contributed by atoms with van der Waals surface area (Å²) in [5.41, 5.74) is 0. The minimum Gasteiger partial charge on any atom is -0.491 e. The van der Waals surface area contributed by atoms with Crippen LogP contribution in [-0.4, -0.2) is 54.1 Å². The third-order valence-electron chi connectivity index (χ3n) is 5.14. The van der Waals surface area contributed by atoms with Crippen LogP contribution in [0.2, 0.25) is 0 Å². The van der Waals surface area contributed by atoms with E-state index in [4.69, 9.17) is 9.47 Å². The van der Waals surface area contributed by atoms with E-state index in [0.717, 1.165) is 48.1 Å². The van der Waals surface area contributed by atoms with Gasteiger partial charge in [-0.3, -0.25) is 4.99 Å². The summed E-state index contributed by atoms with van der Waals surface area (Å²) in [5, 5.41) is 13.6. The molecule has 4 rings (SSSR count). The number of guanidine groups is 1. The average molecular weight is 536 g/mol. The molecular formula is C22H29IN6O2. The number of aryl methyl sites for hydroxylation is 1. The van der Waals surface area contributed by atoms with Crippen molar-refractivity contribution in [3.63, 3.8) is 0 Å². The summed E-state index contributed by atoms with van der Waals surface area (Å²) < 4.78 is 13.1. The fourth-order valence-corrected chi connectivity index (χ4v) is 3.71. The lowest BCUT2D eigenvalue weighted by atomic mass is 10.1. The van der Waals surface area contributed by atoms with Crippen LogP contribution in [0.1, 0.15) is 18.1 Å². The third-order valence-corrected chi connectivity index (χ3v) is 5.14. The number of ether oxygens (including phenoxy) is 2. The molecule has 1 aliphatic rings. The highest BCUT2D eigenvalue weighted by Gasteiger charge is 2.22. The Balaban J connectivity index is 0.00000272. The van der Waals surface area contributed by atoms with Gasteiger partial charge in [0.2, 0.25) is 0 Å². The topological polar surface area (TPSA) is 85.6 Å². The molecule has 0 aliphatic carbocycles. The Hall–Kier alpha value is -2.40. The Morgan fingerprint density at radius 2 is 2.06 bits per heavy atom. The lowest BCUT2D eigenvalue weighted by Crippen LogP contribution is -2.47. The minimum atomic E-state index is 0. The summed E-state index contributed by atoms with van der Waals surface area (Å²) in [5.74, 6) is 3.42. The summed E-state index contributed by atoms with van der Waals surface area (Å²) in [4.78, 5) is 8.86. The number of aromatic nitrogens is 3. The maximum absolute atomic E-state index is 6.00. The summed E-state index contributed by atoms with van der Waals surface area (Å²) in [7, 11) is 3.44. The number of fused-ring (bicyclic) bond motifs is 2. The second-order valence-electron chi connectivity index (χ2n) is 7.26. The van der Waals surface area contributed by atoms with Gasteiger partial charge in [0.1, 0.15) is 24.8 Å². The van der Waals surface area contributed by atoms with Gasteiger partial charge in [-0.05, 0) is 17.9 Å². The second-order valence-corrected chi connectivity index (χ2v) is 7.26. The van der Waals surface area contributed by atoms with E-state index in [1.54, 1.807) is 14.2 Å². The van der Waals surface area contributed by atoms with E-state index in [9.17, 15) is 0 Å². The molecule has 0 radical (unpaired) electrons. The van der Waals surface area contributed by atoms with Crippen LogP contribution in [0.3, 0.4) is 0 Å². The van der Waals surface area contributed by atoms with Crippen molar-refractivity contribution < 1.29 is 9.47 Å². The zero-order chi connectivity index (χ0) is 20.8. The molecule has 2 aromatic carbocycles. The number of benzene rings is 2. The number of hydrogen-bond acceptors (Lipinski definition) is 5. The molecule has 1 unspecified atom stereocenters. The highest BCUT2D eigenvalue weighted by molar-refractivity contribution is 14.0. The molecule has 0 spiro atoms. The molecule has 2 heterocycles. The van der Waals surface area contributed by atoms with Crippen LogP contribution in [0.25, 0.3) is 10.8 Å². The van der Waals surface area contributed by atoms with Crippen LogP contribution in [-0.2, 0) is 24.3 Å². The summed E-state index contributed by atoms with van der Waals surface area (Å²) in [6, 6.07) is 14.6. The van der Waals surface area contributed by atoms with Gasteiger partial charge in [0.25, 0.3) is 0 Å². The first kappa shape index (κ1) is 23.3. The maximum atomic E-state index is 6.00. The third kappa shape index (κ3) is 5.85. The van der Waals surface area contributed by atoms with Crippen molar-refractivity contribution in [1.29, 1.82) is 0 Å². The average Bonchev–Trinajstić information content (AvgIpc) is 3.18. The number of hydrogen-bond donors (Lipinski definition) is 2. The quantitative estimate of drug-likeness (QED) is 0.209. The van der Waals surface area contributed by atoms with Crippen molar-refractivity contribution in [3.05, 3.63) is 54.1 Å². The van der Waals surface area contributed by atoms with Crippen LogP contribution in [0, 0.1) is 0 Å². The molecule has 0 fully saturated rings. The molecule has 2 N–H and O–H groups in total. The van der Waals surface area contributed by atoms with Crippen molar-refractivity contribution >= 4 is 40.7 Å². The largest absolute Gasteiger partial charge is 0.491 e. The van der Waals surface area contributed by atoms with E-state index >= 15 is 0 Å². The Morgan fingerprint density at radius 1 is 1.23 bits per heavy atom. The molecule has 8 nitrogen and oxygen atoms in total. The Labute approximate surface area is 199 Å². The number of nitrogens with one attached hydrogen (secondary N) is 2. The summed E-state index contributed by atoms with van der Waals surface area (Å²) >= 11 is 0. The van der Waals surface area contributed by atoms with E-state index in [0.29, 0.717) is 19.8 Å². The molecule has 0 saturated heterocycles. The van der Waals surface area contributed by atoms with Gasteiger partial charge in [0.05, 0.1) is 13.1 Å². The predicted molar refractivity (Wildman–Crippen MR) is 132 cm³/mol. The molecule has 3 aromatic rings. The molecule has 1 aromatic heterocycles. The minimum absolute atomic E-state index is 0. The van der Waals surface area contributed by atoms with Gasteiger partial charge >= 0.3 is 0 Å². The van der Waals surface area contributed by atoms with Crippen molar-refractivity contribution in [2.75, 3.05) is 27.3 Å². The fraction of sp³-hybridized carbons (Fsp3) is 0.409. The van der Waals surface area contributed by atoms with E-state index in [1.165, 1.54) is 5.39 Å². The normalized spacial score (nSPS) is 15.8. The second kappa shape index (κ2) is 11.3. The van der Waals surface area contributed by atoms with Gasteiger partial charge in [-0.2, -0.15) is 5.10 Å². The first-order chi connectivity index (χ1) is 14.8. The first-order valence-electron chi connectivity index (χ1n) is 10.3. The van der Waals surface area contributed by atoms with E-state index < -0.39 is 0 Å². The van der Waals surface area contributed by atoms with Gasteiger partial charge in [-0.25, -0.2) is 9.67 Å². The number of methoxy groups -OCH3 is 1. The van der Waals surface area contributed by atoms with Gasteiger partial charge in [-0.15, -0.1) is 24.0 Å². The smallest absolute Gasteiger partial charge is 0.191 e. The fourth-order valence-electron chi connectivity index (χ4n) is 3.71. The zero-order valence-corrected chi connectivity index (χ0v) is 20.2. The first-order valence-corrected chi connectivity index (χ1v) is 10.3. The molecule has 0 bridgehead atoms. The van der Waals surface area contributed by atoms with E-state index in [-0.39, 0.29) is 30.0 Å². The highest BCUT2D eigenvalue weighted by Crippen LogP contribution is 2.24. The lowest BCUT2D eigenvalue weighted by molar-refractivity contribution is 0.177. The summed E-state index contributed by atoms with van der Waals surface area (Å²) in [6.45, 7) is 2.41. The van der Waals surface area contributed by atoms with Crippen LogP contribution < -0.4 is 15.4 Å².